The van der Waals surface area contributed by atoms with E-state index in [1.807, 2.05) is 45.0 Å². The van der Waals surface area contributed by atoms with E-state index >= 15 is 0 Å². The predicted molar refractivity (Wildman–Crippen MR) is 75.8 cm³/mol. The maximum Gasteiger partial charge on any atom is 0.222 e. The molecule has 0 spiro atoms. The highest BCUT2D eigenvalue weighted by atomic mass is 35.5. The van der Waals surface area contributed by atoms with E-state index in [2.05, 4.69) is 10.6 Å². The lowest BCUT2D eigenvalue weighted by molar-refractivity contribution is -0.122. The summed E-state index contributed by atoms with van der Waals surface area (Å²) >= 11 is 5.93. The summed E-state index contributed by atoms with van der Waals surface area (Å²) < 4.78 is 0. The second-order valence-electron chi connectivity index (χ2n) is 4.51. The Morgan fingerprint density at radius 2 is 2.11 bits per heavy atom. The third-order valence-corrected chi connectivity index (χ3v) is 3.01. The highest BCUT2D eigenvalue weighted by molar-refractivity contribution is 6.30. The Bertz CT molecular complexity index is 395. The van der Waals surface area contributed by atoms with Gasteiger partial charge >= 0.3 is 0 Å². The first-order valence-electron chi connectivity index (χ1n) is 6.31. The Labute approximate surface area is 114 Å². The standard InChI is InChI=1S/C14H21ClN2O/c1-4-16-10(2)8-14(18)17-11(3)12-6-5-7-13(15)9-12/h5-7,9-11,16H,4,8H2,1-3H3,(H,17,18)/t10?,11-/m0/s1. The summed E-state index contributed by atoms with van der Waals surface area (Å²) in [6, 6.07) is 7.73. The van der Waals surface area contributed by atoms with Crippen LogP contribution in [0.2, 0.25) is 5.02 Å². The van der Waals surface area contributed by atoms with Gasteiger partial charge in [-0.1, -0.05) is 30.7 Å². The molecule has 4 heteroatoms. The van der Waals surface area contributed by atoms with Crippen molar-refractivity contribution in [1.29, 1.82) is 0 Å². The lowest BCUT2D eigenvalue weighted by Gasteiger charge is -2.17. The Hall–Kier alpha value is -1.06. The fourth-order valence-corrected chi connectivity index (χ4v) is 2.06. The topological polar surface area (TPSA) is 41.1 Å². The van der Waals surface area contributed by atoms with E-state index in [0.717, 1.165) is 12.1 Å². The lowest BCUT2D eigenvalue weighted by Crippen LogP contribution is -2.34. The van der Waals surface area contributed by atoms with Crippen molar-refractivity contribution in [2.24, 2.45) is 0 Å². The number of nitrogens with one attached hydrogen (secondary N) is 2. The molecular formula is C14H21ClN2O. The summed E-state index contributed by atoms with van der Waals surface area (Å²) in [7, 11) is 0. The summed E-state index contributed by atoms with van der Waals surface area (Å²) in [4.78, 5) is 11.8. The minimum absolute atomic E-state index is 0.0231. The molecule has 2 N–H and O–H groups in total. The average molecular weight is 269 g/mol. The zero-order valence-electron chi connectivity index (χ0n) is 11.2. The van der Waals surface area contributed by atoms with Crippen LogP contribution >= 0.6 is 11.6 Å². The number of benzene rings is 1. The predicted octanol–water partition coefficient (Wildman–Crippen LogP) is 2.91. The fraction of sp³-hybridized carbons (Fsp3) is 0.500. The van der Waals surface area contributed by atoms with E-state index in [0.29, 0.717) is 11.4 Å². The van der Waals surface area contributed by atoms with Crippen LogP contribution in [0.5, 0.6) is 0 Å². The van der Waals surface area contributed by atoms with Gasteiger partial charge in [0.2, 0.25) is 5.91 Å². The van der Waals surface area contributed by atoms with E-state index in [9.17, 15) is 4.79 Å². The van der Waals surface area contributed by atoms with Crippen molar-refractivity contribution >= 4 is 17.5 Å². The molecule has 0 aliphatic heterocycles. The first kappa shape index (κ1) is 15.0. The first-order valence-corrected chi connectivity index (χ1v) is 6.69. The molecule has 0 aromatic heterocycles. The highest BCUT2D eigenvalue weighted by Crippen LogP contribution is 2.17. The molecule has 0 saturated heterocycles. The molecule has 2 atom stereocenters. The largest absolute Gasteiger partial charge is 0.350 e. The Balaban J connectivity index is 2.49. The number of halogens is 1. The van der Waals surface area contributed by atoms with E-state index in [1.54, 1.807) is 0 Å². The maximum atomic E-state index is 11.8. The summed E-state index contributed by atoms with van der Waals surface area (Å²) in [5, 5.41) is 6.88. The molecule has 1 aromatic rings. The van der Waals surface area contributed by atoms with Crippen molar-refractivity contribution < 1.29 is 4.79 Å². The molecule has 1 aromatic carbocycles. The van der Waals surface area contributed by atoms with Gasteiger partial charge in [-0.05, 0) is 38.1 Å². The number of amides is 1. The average Bonchev–Trinajstić information content (AvgIpc) is 2.28. The van der Waals surface area contributed by atoms with Gasteiger partial charge in [0, 0.05) is 17.5 Å². The number of carbonyl (C=O) groups is 1. The SMILES string of the molecule is CCNC(C)CC(=O)N[C@@H](C)c1cccc(Cl)c1. The molecule has 1 unspecified atom stereocenters. The molecule has 100 valence electrons. The van der Waals surface area contributed by atoms with E-state index in [1.165, 1.54) is 0 Å². The van der Waals surface area contributed by atoms with Gasteiger partial charge in [-0.3, -0.25) is 4.79 Å². The third-order valence-electron chi connectivity index (χ3n) is 2.77. The molecule has 0 aliphatic carbocycles. The van der Waals surface area contributed by atoms with Gasteiger partial charge in [-0.2, -0.15) is 0 Å². The third kappa shape index (κ3) is 5.07. The molecular weight excluding hydrogens is 248 g/mol. The maximum absolute atomic E-state index is 11.8. The van der Waals surface area contributed by atoms with Crippen molar-refractivity contribution in [1.82, 2.24) is 10.6 Å². The molecule has 3 nitrogen and oxygen atoms in total. The van der Waals surface area contributed by atoms with Crippen molar-refractivity contribution in [2.45, 2.75) is 39.3 Å². The van der Waals surface area contributed by atoms with Crippen LogP contribution in [-0.2, 0) is 4.79 Å². The molecule has 0 radical (unpaired) electrons. The first-order chi connectivity index (χ1) is 8.52. The van der Waals surface area contributed by atoms with E-state index in [4.69, 9.17) is 11.6 Å². The molecule has 18 heavy (non-hydrogen) atoms. The highest BCUT2D eigenvalue weighted by Gasteiger charge is 2.12. The summed E-state index contributed by atoms with van der Waals surface area (Å²) in [5.74, 6) is 0.0518. The Morgan fingerprint density at radius 3 is 2.72 bits per heavy atom. The zero-order chi connectivity index (χ0) is 13.5. The van der Waals surface area contributed by atoms with Crippen LogP contribution in [0, 0.1) is 0 Å². The molecule has 1 amide bonds. The van der Waals surface area contributed by atoms with Crippen LogP contribution in [0.25, 0.3) is 0 Å². The summed E-state index contributed by atoms with van der Waals surface area (Å²) in [5.41, 5.74) is 1.02. The number of rotatable bonds is 6. The lowest BCUT2D eigenvalue weighted by atomic mass is 10.1. The van der Waals surface area contributed by atoms with Crippen LogP contribution in [0.4, 0.5) is 0 Å². The summed E-state index contributed by atoms with van der Waals surface area (Å²) in [6.07, 6.45) is 0.485. The van der Waals surface area contributed by atoms with Gasteiger partial charge < -0.3 is 10.6 Å². The Kier molecular flexibility index (Phi) is 6.16. The number of carbonyl (C=O) groups excluding carboxylic acids is 1. The summed E-state index contributed by atoms with van der Waals surface area (Å²) in [6.45, 7) is 6.87. The van der Waals surface area contributed by atoms with Crippen molar-refractivity contribution in [3.8, 4) is 0 Å². The van der Waals surface area contributed by atoms with Gasteiger partial charge in [-0.25, -0.2) is 0 Å². The van der Waals surface area contributed by atoms with Gasteiger partial charge in [-0.15, -0.1) is 0 Å². The second-order valence-corrected chi connectivity index (χ2v) is 4.94. The fourth-order valence-electron chi connectivity index (χ4n) is 1.86. The van der Waals surface area contributed by atoms with Crippen molar-refractivity contribution in [3.63, 3.8) is 0 Å². The van der Waals surface area contributed by atoms with Gasteiger partial charge in [0.25, 0.3) is 0 Å². The van der Waals surface area contributed by atoms with Crippen LogP contribution in [0.1, 0.15) is 38.8 Å². The monoisotopic (exact) mass is 268 g/mol. The zero-order valence-corrected chi connectivity index (χ0v) is 11.9. The number of hydrogen-bond acceptors (Lipinski definition) is 2. The van der Waals surface area contributed by atoms with E-state index < -0.39 is 0 Å². The van der Waals surface area contributed by atoms with Crippen LogP contribution in [0.15, 0.2) is 24.3 Å². The molecule has 1 rings (SSSR count). The van der Waals surface area contributed by atoms with Crippen LogP contribution in [0.3, 0.4) is 0 Å². The van der Waals surface area contributed by atoms with E-state index in [-0.39, 0.29) is 18.0 Å². The van der Waals surface area contributed by atoms with Gasteiger partial charge in [0.15, 0.2) is 0 Å². The molecule has 0 heterocycles. The molecule has 0 saturated carbocycles. The van der Waals surface area contributed by atoms with Crippen molar-refractivity contribution in [3.05, 3.63) is 34.9 Å². The number of hydrogen-bond donors (Lipinski definition) is 2. The minimum Gasteiger partial charge on any atom is -0.350 e. The smallest absolute Gasteiger partial charge is 0.222 e. The van der Waals surface area contributed by atoms with Crippen molar-refractivity contribution in [2.75, 3.05) is 6.54 Å². The minimum atomic E-state index is -0.0231. The molecule has 0 fully saturated rings. The van der Waals surface area contributed by atoms with Crippen LogP contribution < -0.4 is 10.6 Å². The molecule has 0 aliphatic rings. The second kappa shape index (κ2) is 7.39. The quantitative estimate of drug-likeness (QED) is 0.833. The van der Waals surface area contributed by atoms with Gasteiger partial charge in [0.1, 0.15) is 0 Å². The normalized spacial score (nSPS) is 14.0. The molecule has 0 bridgehead atoms. The van der Waals surface area contributed by atoms with Crippen LogP contribution in [-0.4, -0.2) is 18.5 Å². The Morgan fingerprint density at radius 1 is 1.39 bits per heavy atom. The van der Waals surface area contributed by atoms with Gasteiger partial charge in [0.05, 0.1) is 6.04 Å².